The Labute approximate surface area is 146 Å². The lowest BCUT2D eigenvalue weighted by Gasteiger charge is -2.05. The third-order valence-corrected chi connectivity index (χ3v) is 4.72. The van der Waals surface area contributed by atoms with Gasteiger partial charge in [-0.1, -0.05) is 30.3 Å². The molecule has 2 aromatic heterocycles. The molecule has 25 heavy (non-hydrogen) atoms. The molecule has 0 saturated carbocycles. The Morgan fingerprint density at radius 3 is 2.72 bits per heavy atom. The summed E-state index contributed by atoms with van der Waals surface area (Å²) >= 11 is 1.42. The third kappa shape index (κ3) is 2.66. The third-order valence-electron chi connectivity index (χ3n) is 3.83. The molecule has 0 atom stereocenters. The number of rotatable bonds is 3. The fourth-order valence-corrected chi connectivity index (χ4v) is 3.36. The Morgan fingerprint density at radius 1 is 1.16 bits per heavy atom. The van der Waals surface area contributed by atoms with Crippen LogP contribution in [0.25, 0.3) is 33.0 Å². The van der Waals surface area contributed by atoms with Crippen molar-refractivity contribution in [2.45, 2.75) is 0 Å². The van der Waals surface area contributed by atoms with E-state index in [4.69, 9.17) is 9.15 Å². The van der Waals surface area contributed by atoms with Gasteiger partial charge < -0.3 is 14.3 Å². The van der Waals surface area contributed by atoms with Crippen LogP contribution >= 0.6 is 11.3 Å². The first-order valence-corrected chi connectivity index (χ1v) is 8.40. The number of methoxy groups -OCH3 is 1. The molecule has 5 nitrogen and oxygen atoms in total. The minimum absolute atomic E-state index is 0.0594. The van der Waals surface area contributed by atoms with Crippen molar-refractivity contribution in [3.05, 3.63) is 64.1 Å². The Kier molecular flexibility index (Phi) is 3.74. The molecule has 0 radical (unpaired) electrons. The number of benzene rings is 2. The van der Waals surface area contributed by atoms with E-state index in [1.807, 2.05) is 30.3 Å². The summed E-state index contributed by atoms with van der Waals surface area (Å²) < 4.78 is 10.9. The van der Waals surface area contributed by atoms with Gasteiger partial charge in [0.25, 0.3) is 0 Å². The van der Waals surface area contributed by atoms with Crippen molar-refractivity contribution in [3.63, 3.8) is 0 Å². The van der Waals surface area contributed by atoms with Crippen LogP contribution in [0.5, 0.6) is 11.5 Å². The SMILES string of the molecule is COc1ccc2c(=O)c(O)c(-c3csc(-c4ccccc4)n3)oc2c1. The Hall–Kier alpha value is -3.12. The summed E-state index contributed by atoms with van der Waals surface area (Å²) in [5.74, 6) is 0.183. The van der Waals surface area contributed by atoms with Crippen LogP contribution in [0, 0.1) is 0 Å². The van der Waals surface area contributed by atoms with E-state index in [1.165, 1.54) is 18.4 Å². The van der Waals surface area contributed by atoms with E-state index < -0.39 is 11.2 Å². The van der Waals surface area contributed by atoms with Crippen LogP contribution in [0.3, 0.4) is 0 Å². The van der Waals surface area contributed by atoms with Crippen molar-refractivity contribution >= 4 is 22.3 Å². The van der Waals surface area contributed by atoms with Crippen LogP contribution in [0.2, 0.25) is 0 Å². The maximum absolute atomic E-state index is 12.4. The molecule has 0 aliphatic rings. The molecule has 4 aromatic rings. The highest BCUT2D eigenvalue weighted by Crippen LogP contribution is 2.34. The van der Waals surface area contributed by atoms with Crippen LogP contribution in [0.1, 0.15) is 0 Å². The standard InChI is InChI=1S/C19H13NO4S/c1-23-12-7-8-13-15(9-12)24-18(17(22)16(13)21)14-10-25-19(20-14)11-5-3-2-4-6-11/h2-10,22H,1H3. The number of hydrogen-bond acceptors (Lipinski definition) is 6. The molecule has 124 valence electrons. The molecule has 0 unspecified atom stereocenters. The van der Waals surface area contributed by atoms with Crippen molar-refractivity contribution in [2.75, 3.05) is 7.11 Å². The minimum Gasteiger partial charge on any atom is -0.501 e. The minimum atomic E-state index is -0.492. The zero-order valence-electron chi connectivity index (χ0n) is 13.2. The second-order valence-corrected chi connectivity index (χ2v) is 6.23. The molecule has 1 N–H and O–H groups in total. The smallest absolute Gasteiger partial charge is 0.235 e. The second-order valence-electron chi connectivity index (χ2n) is 5.37. The molecule has 0 saturated heterocycles. The highest BCUT2D eigenvalue weighted by Gasteiger charge is 2.18. The number of thiazole rings is 1. The maximum Gasteiger partial charge on any atom is 0.235 e. The van der Waals surface area contributed by atoms with E-state index in [1.54, 1.807) is 23.6 Å². The van der Waals surface area contributed by atoms with E-state index in [9.17, 15) is 9.90 Å². The van der Waals surface area contributed by atoms with Gasteiger partial charge in [-0.25, -0.2) is 4.98 Å². The van der Waals surface area contributed by atoms with Crippen molar-refractivity contribution in [2.24, 2.45) is 0 Å². The van der Waals surface area contributed by atoms with Crippen LogP contribution in [-0.2, 0) is 0 Å². The van der Waals surface area contributed by atoms with E-state index in [2.05, 4.69) is 4.98 Å². The van der Waals surface area contributed by atoms with Gasteiger partial charge >= 0.3 is 0 Å². The van der Waals surface area contributed by atoms with Crippen molar-refractivity contribution in [1.82, 2.24) is 4.98 Å². The number of nitrogens with zero attached hydrogens (tertiary/aromatic N) is 1. The zero-order chi connectivity index (χ0) is 17.4. The lowest BCUT2D eigenvalue weighted by Crippen LogP contribution is -2.02. The lowest BCUT2D eigenvalue weighted by atomic mass is 10.2. The van der Waals surface area contributed by atoms with E-state index in [0.29, 0.717) is 22.4 Å². The molecule has 0 aliphatic heterocycles. The molecule has 6 heteroatoms. The number of ether oxygens (including phenoxy) is 1. The molecule has 2 aromatic carbocycles. The first kappa shape index (κ1) is 15.4. The monoisotopic (exact) mass is 351 g/mol. The fraction of sp³-hybridized carbons (Fsp3) is 0.0526. The van der Waals surface area contributed by atoms with Gasteiger partial charge in [-0.3, -0.25) is 4.79 Å². The normalized spacial score (nSPS) is 10.9. The summed E-state index contributed by atoms with van der Waals surface area (Å²) in [7, 11) is 1.53. The summed E-state index contributed by atoms with van der Waals surface area (Å²) in [5.41, 5.74) is 1.23. The van der Waals surface area contributed by atoms with Gasteiger partial charge in [0.15, 0.2) is 5.76 Å². The van der Waals surface area contributed by atoms with Gasteiger partial charge in [0.05, 0.1) is 12.5 Å². The van der Waals surface area contributed by atoms with Crippen LogP contribution in [-0.4, -0.2) is 17.2 Å². The van der Waals surface area contributed by atoms with E-state index >= 15 is 0 Å². The van der Waals surface area contributed by atoms with Gasteiger partial charge in [0, 0.05) is 17.0 Å². The molecular weight excluding hydrogens is 338 g/mol. The quantitative estimate of drug-likeness (QED) is 0.596. The maximum atomic E-state index is 12.4. The summed E-state index contributed by atoms with van der Waals surface area (Å²) in [6.07, 6.45) is 0. The summed E-state index contributed by atoms with van der Waals surface area (Å²) in [6, 6.07) is 14.5. The first-order valence-electron chi connectivity index (χ1n) is 7.52. The van der Waals surface area contributed by atoms with E-state index in [-0.39, 0.29) is 5.76 Å². The molecule has 2 heterocycles. The Morgan fingerprint density at radius 2 is 1.96 bits per heavy atom. The van der Waals surface area contributed by atoms with E-state index in [0.717, 1.165) is 10.6 Å². The van der Waals surface area contributed by atoms with Gasteiger partial charge in [-0.05, 0) is 12.1 Å². The number of hydrogen-bond donors (Lipinski definition) is 1. The fourth-order valence-electron chi connectivity index (χ4n) is 2.56. The molecule has 0 bridgehead atoms. The van der Waals surface area contributed by atoms with Crippen molar-refractivity contribution in [3.8, 4) is 33.5 Å². The average Bonchev–Trinajstić information content (AvgIpc) is 3.15. The van der Waals surface area contributed by atoms with Crippen LogP contribution in [0.15, 0.2) is 63.1 Å². The highest BCUT2D eigenvalue weighted by molar-refractivity contribution is 7.13. The Bertz CT molecular complexity index is 1120. The number of fused-ring (bicyclic) bond motifs is 1. The van der Waals surface area contributed by atoms with Gasteiger partial charge in [0.2, 0.25) is 11.2 Å². The van der Waals surface area contributed by atoms with Crippen molar-refractivity contribution < 1.29 is 14.3 Å². The summed E-state index contributed by atoms with van der Waals surface area (Å²) in [4.78, 5) is 16.9. The molecular formula is C19H13NO4S. The van der Waals surface area contributed by atoms with Crippen LogP contribution in [0.4, 0.5) is 0 Å². The van der Waals surface area contributed by atoms with Crippen LogP contribution < -0.4 is 10.2 Å². The summed E-state index contributed by atoms with van der Waals surface area (Å²) in [6.45, 7) is 0. The molecule has 0 aliphatic carbocycles. The topological polar surface area (TPSA) is 72.6 Å². The predicted octanol–water partition coefficient (Wildman–Crippen LogP) is 4.30. The molecule has 0 amide bonds. The van der Waals surface area contributed by atoms with Gasteiger partial charge in [0.1, 0.15) is 22.0 Å². The Balaban J connectivity index is 1.88. The lowest BCUT2D eigenvalue weighted by molar-refractivity contribution is 0.413. The largest absolute Gasteiger partial charge is 0.501 e. The number of aromatic nitrogens is 1. The molecule has 0 spiro atoms. The van der Waals surface area contributed by atoms with Crippen molar-refractivity contribution in [1.29, 1.82) is 0 Å². The first-order chi connectivity index (χ1) is 12.2. The predicted molar refractivity (Wildman–Crippen MR) is 97.2 cm³/mol. The highest BCUT2D eigenvalue weighted by atomic mass is 32.1. The number of aromatic hydroxyl groups is 1. The summed E-state index contributed by atoms with van der Waals surface area (Å²) in [5, 5.41) is 13.1. The van der Waals surface area contributed by atoms with Gasteiger partial charge in [-0.15, -0.1) is 11.3 Å². The zero-order valence-corrected chi connectivity index (χ0v) is 14.0. The van der Waals surface area contributed by atoms with Gasteiger partial charge in [-0.2, -0.15) is 0 Å². The second kappa shape index (κ2) is 6.07. The molecule has 0 fully saturated rings. The molecule has 4 rings (SSSR count). The average molecular weight is 351 g/mol.